The number of ether oxygens (including phenoxy) is 2. The fourth-order valence-electron chi connectivity index (χ4n) is 2.65. The van der Waals surface area contributed by atoms with Gasteiger partial charge in [0.1, 0.15) is 11.6 Å². The highest BCUT2D eigenvalue weighted by atomic mass is 19.1. The van der Waals surface area contributed by atoms with Crippen LogP contribution in [0.3, 0.4) is 0 Å². The van der Waals surface area contributed by atoms with Gasteiger partial charge in [-0.05, 0) is 30.2 Å². The van der Waals surface area contributed by atoms with E-state index >= 15 is 0 Å². The highest BCUT2D eigenvalue weighted by Crippen LogP contribution is 2.20. The number of hydrogen-bond acceptors (Lipinski definition) is 5. The summed E-state index contributed by atoms with van der Waals surface area (Å²) >= 11 is 0. The Morgan fingerprint density at radius 3 is 2.57 bits per heavy atom. The van der Waals surface area contributed by atoms with Crippen molar-refractivity contribution in [2.24, 2.45) is 0 Å². The molecule has 0 bridgehead atoms. The van der Waals surface area contributed by atoms with Gasteiger partial charge in [0, 0.05) is 13.0 Å². The first-order valence-electron chi connectivity index (χ1n) is 8.76. The second-order valence-electron chi connectivity index (χ2n) is 5.88. The zero-order valence-electron chi connectivity index (χ0n) is 15.6. The van der Waals surface area contributed by atoms with Crippen molar-refractivity contribution in [1.82, 2.24) is 0 Å². The zero-order valence-corrected chi connectivity index (χ0v) is 15.6. The molecule has 0 spiro atoms. The summed E-state index contributed by atoms with van der Waals surface area (Å²) in [7, 11) is 1.55. The molecule has 0 unspecified atom stereocenters. The fraction of sp³-hybridized carbons (Fsp3) is 0.286. The lowest BCUT2D eigenvalue weighted by molar-refractivity contribution is -0.147. The van der Waals surface area contributed by atoms with Crippen molar-refractivity contribution < 1.29 is 23.5 Å². The molecule has 2 aromatic rings. The second-order valence-corrected chi connectivity index (χ2v) is 5.88. The summed E-state index contributed by atoms with van der Waals surface area (Å²) in [6, 6.07) is 15.0. The molecule has 0 aliphatic rings. The maximum atomic E-state index is 14.0. The average molecular weight is 384 g/mol. The number of carbonyl (C=O) groups is 2. The van der Waals surface area contributed by atoms with Crippen molar-refractivity contribution in [3.05, 3.63) is 59.9 Å². The molecule has 0 heterocycles. The lowest BCUT2D eigenvalue weighted by Crippen LogP contribution is -2.36. The Kier molecular flexibility index (Phi) is 7.97. The van der Waals surface area contributed by atoms with Crippen LogP contribution in [0.5, 0.6) is 5.75 Å². The molecule has 0 aromatic heterocycles. The summed E-state index contributed by atoms with van der Waals surface area (Å²) in [4.78, 5) is 25.6. The number of hydrogen-bond donors (Lipinski definition) is 0. The monoisotopic (exact) mass is 384 g/mol. The molecule has 1 amide bonds. The maximum Gasteiger partial charge on any atom is 0.306 e. The van der Waals surface area contributed by atoms with E-state index in [4.69, 9.17) is 14.7 Å². The van der Waals surface area contributed by atoms with Crippen molar-refractivity contribution >= 4 is 17.6 Å². The van der Waals surface area contributed by atoms with Crippen LogP contribution in [0.2, 0.25) is 0 Å². The number of anilines is 1. The quantitative estimate of drug-likeness (QED) is 0.620. The highest BCUT2D eigenvalue weighted by Gasteiger charge is 2.20. The molecule has 0 fully saturated rings. The van der Waals surface area contributed by atoms with Crippen molar-refractivity contribution in [2.45, 2.75) is 19.3 Å². The van der Waals surface area contributed by atoms with Crippen LogP contribution < -0.4 is 9.64 Å². The zero-order chi connectivity index (χ0) is 20.4. The number of aryl methyl sites for hydroxylation is 1. The van der Waals surface area contributed by atoms with Crippen molar-refractivity contribution in [1.29, 1.82) is 5.26 Å². The largest absolute Gasteiger partial charge is 0.496 e. The molecule has 0 saturated carbocycles. The Labute approximate surface area is 163 Å². The summed E-state index contributed by atoms with van der Waals surface area (Å²) in [5.41, 5.74) is 0.906. The van der Waals surface area contributed by atoms with Crippen LogP contribution in [0.4, 0.5) is 10.1 Å². The SMILES string of the molecule is COc1ccccc1CCC(=O)OCC(=O)N(CCC#N)c1ccccc1F. The summed E-state index contributed by atoms with van der Waals surface area (Å²) in [5, 5.41) is 8.77. The van der Waals surface area contributed by atoms with Gasteiger partial charge in [-0.25, -0.2) is 4.39 Å². The number of rotatable bonds is 9. The van der Waals surface area contributed by atoms with Gasteiger partial charge in [0.05, 0.1) is 25.3 Å². The molecule has 6 nitrogen and oxygen atoms in total. The third kappa shape index (κ3) is 5.81. The van der Waals surface area contributed by atoms with Crippen molar-refractivity contribution in [3.8, 4) is 11.8 Å². The predicted octanol–water partition coefficient (Wildman–Crippen LogP) is 3.26. The van der Waals surface area contributed by atoms with E-state index in [2.05, 4.69) is 0 Å². The van der Waals surface area contributed by atoms with Crippen LogP contribution >= 0.6 is 0 Å². The Balaban J connectivity index is 1.93. The number of halogens is 1. The Bertz CT molecular complexity index is 863. The van der Waals surface area contributed by atoms with E-state index in [1.165, 1.54) is 18.2 Å². The Morgan fingerprint density at radius 2 is 1.86 bits per heavy atom. The van der Waals surface area contributed by atoms with Gasteiger partial charge in [0.2, 0.25) is 0 Å². The summed E-state index contributed by atoms with van der Waals surface area (Å²) in [6.45, 7) is -0.514. The third-order valence-corrected chi connectivity index (χ3v) is 4.04. The van der Waals surface area contributed by atoms with Crippen molar-refractivity contribution in [2.75, 3.05) is 25.2 Å². The molecular weight excluding hydrogens is 363 g/mol. The van der Waals surface area contributed by atoms with E-state index < -0.39 is 24.3 Å². The summed E-state index contributed by atoms with van der Waals surface area (Å²) < 4.78 is 24.3. The lowest BCUT2D eigenvalue weighted by atomic mass is 10.1. The molecule has 2 rings (SSSR count). The molecule has 0 saturated heterocycles. The summed E-state index contributed by atoms with van der Waals surface area (Å²) in [5.74, 6) is -1.05. The van der Waals surface area contributed by atoms with Crippen LogP contribution in [0.15, 0.2) is 48.5 Å². The van der Waals surface area contributed by atoms with E-state index in [-0.39, 0.29) is 25.1 Å². The van der Waals surface area contributed by atoms with E-state index in [0.717, 1.165) is 10.5 Å². The number of methoxy groups -OCH3 is 1. The standard InChI is InChI=1S/C21H21FN2O4/c1-27-19-10-5-2-7-16(19)11-12-21(26)28-15-20(25)24(14-6-13-23)18-9-4-3-8-17(18)22/h2-5,7-10H,6,11-12,14-15H2,1H3. The van der Waals surface area contributed by atoms with Gasteiger partial charge < -0.3 is 14.4 Å². The summed E-state index contributed by atoms with van der Waals surface area (Å²) in [6.07, 6.45) is 0.510. The second kappa shape index (κ2) is 10.7. The first kappa shape index (κ1) is 20.9. The van der Waals surface area contributed by atoms with Crippen molar-refractivity contribution in [3.63, 3.8) is 0 Å². The predicted molar refractivity (Wildman–Crippen MR) is 101 cm³/mol. The van der Waals surface area contributed by atoms with Gasteiger partial charge in [0.15, 0.2) is 6.61 Å². The molecular formula is C21H21FN2O4. The van der Waals surface area contributed by atoms with Gasteiger partial charge in [-0.1, -0.05) is 30.3 Å². The highest BCUT2D eigenvalue weighted by molar-refractivity contribution is 5.95. The number of nitrogens with zero attached hydrogens (tertiary/aromatic N) is 2. The molecule has 0 radical (unpaired) electrons. The molecule has 0 aliphatic carbocycles. The number of benzene rings is 2. The third-order valence-electron chi connectivity index (χ3n) is 4.04. The maximum absolute atomic E-state index is 14.0. The molecule has 28 heavy (non-hydrogen) atoms. The average Bonchev–Trinajstić information content (AvgIpc) is 2.72. The Morgan fingerprint density at radius 1 is 1.14 bits per heavy atom. The van der Waals surface area contributed by atoms with Crippen LogP contribution in [-0.2, 0) is 20.7 Å². The number of carbonyl (C=O) groups excluding carboxylic acids is 2. The van der Waals surface area contributed by atoms with Crippen LogP contribution in [0.25, 0.3) is 0 Å². The minimum Gasteiger partial charge on any atom is -0.496 e. The minimum atomic E-state index is -0.592. The number of nitriles is 1. The lowest BCUT2D eigenvalue weighted by Gasteiger charge is -2.22. The first-order chi connectivity index (χ1) is 13.6. The minimum absolute atomic E-state index is 0.00896. The molecule has 7 heteroatoms. The molecule has 146 valence electrons. The number of para-hydroxylation sites is 2. The number of esters is 1. The molecule has 2 aromatic carbocycles. The molecule has 0 atom stereocenters. The smallest absolute Gasteiger partial charge is 0.306 e. The molecule has 0 N–H and O–H groups in total. The number of amides is 1. The first-order valence-corrected chi connectivity index (χ1v) is 8.76. The van der Waals surface area contributed by atoms with Gasteiger partial charge in [-0.2, -0.15) is 5.26 Å². The van der Waals surface area contributed by atoms with Crippen LogP contribution in [-0.4, -0.2) is 32.1 Å². The van der Waals surface area contributed by atoms with E-state index in [1.807, 2.05) is 24.3 Å². The van der Waals surface area contributed by atoms with E-state index in [9.17, 15) is 14.0 Å². The topological polar surface area (TPSA) is 79.6 Å². The van der Waals surface area contributed by atoms with Gasteiger partial charge in [-0.3, -0.25) is 9.59 Å². The normalized spacial score (nSPS) is 10.0. The van der Waals surface area contributed by atoms with Gasteiger partial charge in [0.25, 0.3) is 5.91 Å². The Hall–Kier alpha value is -3.40. The molecule has 0 aliphatic heterocycles. The van der Waals surface area contributed by atoms with Crippen LogP contribution in [0.1, 0.15) is 18.4 Å². The van der Waals surface area contributed by atoms with E-state index in [1.54, 1.807) is 19.2 Å². The van der Waals surface area contributed by atoms with E-state index in [0.29, 0.717) is 12.2 Å². The van der Waals surface area contributed by atoms with Gasteiger partial charge in [-0.15, -0.1) is 0 Å². The van der Waals surface area contributed by atoms with Crippen LogP contribution in [0, 0.1) is 17.1 Å². The van der Waals surface area contributed by atoms with Gasteiger partial charge >= 0.3 is 5.97 Å². The fourth-order valence-corrected chi connectivity index (χ4v) is 2.65.